The van der Waals surface area contributed by atoms with E-state index in [2.05, 4.69) is 0 Å². The molecule has 1 heterocycles. The minimum Gasteiger partial charge on any atom is -0.444 e. The summed E-state index contributed by atoms with van der Waals surface area (Å²) in [6, 6.07) is 0.338. The van der Waals surface area contributed by atoms with Crippen molar-refractivity contribution >= 4 is 23.6 Å². The van der Waals surface area contributed by atoms with E-state index in [1.807, 2.05) is 25.7 Å². The number of hydrogen-bond donors (Lipinski definition) is 0. The predicted molar refractivity (Wildman–Crippen MR) is 76.8 cm³/mol. The number of nitrogens with zero attached hydrogens (tertiary/aromatic N) is 2. The highest BCUT2D eigenvalue weighted by atomic mass is 35.5. The summed E-state index contributed by atoms with van der Waals surface area (Å²) in [4.78, 5) is 27.5. The summed E-state index contributed by atoms with van der Waals surface area (Å²) >= 11 is 5.59. The fourth-order valence-electron chi connectivity index (χ4n) is 2.54. The summed E-state index contributed by atoms with van der Waals surface area (Å²) in [5.41, 5.74) is -0.492. The zero-order valence-corrected chi connectivity index (χ0v) is 13.2. The average Bonchev–Trinajstić information content (AvgIpc) is 3.03. The van der Waals surface area contributed by atoms with Crippen LogP contribution in [0.15, 0.2) is 0 Å². The van der Waals surface area contributed by atoms with Gasteiger partial charge in [0.05, 0.1) is 6.04 Å². The molecule has 0 aromatic rings. The molecule has 1 aliphatic carbocycles. The van der Waals surface area contributed by atoms with Crippen molar-refractivity contribution in [3.05, 3.63) is 0 Å². The molecular weight excluding hydrogens is 280 g/mol. The molecule has 2 fully saturated rings. The Balaban J connectivity index is 2.00. The first-order valence-electron chi connectivity index (χ1n) is 7.17. The number of carbonyl (C=O) groups is 2. The zero-order chi connectivity index (χ0) is 14.9. The minimum absolute atomic E-state index is 0.00257. The molecule has 2 aliphatic rings. The molecular formula is C14H23ClN2O3. The summed E-state index contributed by atoms with van der Waals surface area (Å²) in [5.74, 6) is -0.0585. The highest BCUT2D eigenvalue weighted by Gasteiger charge is 2.42. The number of hydrogen-bond acceptors (Lipinski definition) is 3. The molecule has 1 saturated heterocycles. The first-order chi connectivity index (χ1) is 9.31. The molecule has 0 radical (unpaired) electrons. The number of halogens is 1. The lowest BCUT2D eigenvalue weighted by molar-refractivity contribution is -0.127. The third-order valence-corrected chi connectivity index (χ3v) is 3.80. The predicted octanol–water partition coefficient (Wildman–Crippen LogP) is 2.23. The fraction of sp³-hybridized carbons (Fsp3) is 0.857. The maximum Gasteiger partial charge on any atom is 0.410 e. The molecule has 0 bridgehead atoms. The molecule has 2 amide bonds. The third-order valence-electron chi connectivity index (χ3n) is 3.57. The van der Waals surface area contributed by atoms with Gasteiger partial charge in [-0.05, 0) is 40.0 Å². The number of alkyl halides is 1. The van der Waals surface area contributed by atoms with Crippen LogP contribution in [-0.4, -0.2) is 58.5 Å². The van der Waals surface area contributed by atoms with Crippen LogP contribution >= 0.6 is 11.6 Å². The Bertz CT molecular complexity index is 390. The molecule has 0 spiro atoms. The number of amides is 2. The smallest absolute Gasteiger partial charge is 0.410 e. The molecule has 0 aromatic heterocycles. The van der Waals surface area contributed by atoms with E-state index in [1.165, 1.54) is 0 Å². The minimum atomic E-state index is -0.492. The van der Waals surface area contributed by atoms with E-state index < -0.39 is 5.60 Å². The first-order valence-corrected chi connectivity index (χ1v) is 7.70. The molecule has 1 saturated carbocycles. The van der Waals surface area contributed by atoms with E-state index in [9.17, 15) is 9.59 Å². The van der Waals surface area contributed by atoms with E-state index in [4.69, 9.17) is 16.3 Å². The summed E-state index contributed by atoms with van der Waals surface area (Å²) in [6.45, 7) is 6.85. The Kier molecular flexibility index (Phi) is 4.47. The van der Waals surface area contributed by atoms with E-state index in [-0.39, 0.29) is 30.0 Å². The van der Waals surface area contributed by atoms with Crippen molar-refractivity contribution in [3.8, 4) is 0 Å². The van der Waals surface area contributed by atoms with Gasteiger partial charge in [0.15, 0.2) is 0 Å². The third kappa shape index (κ3) is 3.78. The fourth-order valence-corrected chi connectivity index (χ4v) is 2.71. The SMILES string of the molecule is CC(C)(C)OC(=O)N(C1CC1)[C@@H]1CCN(C(=O)CCl)C1. The second-order valence-corrected chi connectivity index (χ2v) is 6.80. The monoisotopic (exact) mass is 302 g/mol. The van der Waals surface area contributed by atoms with Gasteiger partial charge in [-0.1, -0.05) is 0 Å². The van der Waals surface area contributed by atoms with Gasteiger partial charge in [-0.2, -0.15) is 0 Å². The first kappa shape index (κ1) is 15.4. The lowest BCUT2D eigenvalue weighted by atomic mass is 10.2. The molecule has 0 N–H and O–H groups in total. The molecule has 1 atom stereocenters. The maximum atomic E-state index is 12.3. The molecule has 0 aromatic carbocycles. The van der Waals surface area contributed by atoms with Crippen molar-refractivity contribution in [3.63, 3.8) is 0 Å². The topological polar surface area (TPSA) is 49.9 Å². The normalized spacial score (nSPS) is 22.8. The van der Waals surface area contributed by atoms with Crippen molar-refractivity contribution in [1.82, 2.24) is 9.80 Å². The highest BCUT2D eigenvalue weighted by Crippen LogP contribution is 2.33. The van der Waals surface area contributed by atoms with Crippen LogP contribution in [0.4, 0.5) is 4.79 Å². The van der Waals surface area contributed by atoms with Crippen molar-refractivity contribution < 1.29 is 14.3 Å². The van der Waals surface area contributed by atoms with Crippen LogP contribution in [-0.2, 0) is 9.53 Å². The Hall–Kier alpha value is -0.970. The van der Waals surface area contributed by atoms with Gasteiger partial charge in [0, 0.05) is 19.1 Å². The molecule has 2 rings (SSSR count). The zero-order valence-electron chi connectivity index (χ0n) is 12.4. The van der Waals surface area contributed by atoms with E-state index in [0.717, 1.165) is 19.3 Å². The van der Waals surface area contributed by atoms with Crippen LogP contribution in [0.5, 0.6) is 0 Å². The Labute approximate surface area is 125 Å². The molecule has 6 heteroatoms. The second-order valence-electron chi connectivity index (χ2n) is 6.53. The summed E-state index contributed by atoms with van der Waals surface area (Å²) in [5, 5.41) is 0. The lowest BCUT2D eigenvalue weighted by Crippen LogP contribution is -2.46. The van der Waals surface area contributed by atoms with E-state index >= 15 is 0 Å². The number of carbonyl (C=O) groups excluding carboxylic acids is 2. The molecule has 114 valence electrons. The Morgan fingerprint density at radius 1 is 1.25 bits per heavy atom. The highest BCUT2D eigenvalue weighted by molar-refractivity contribution is 6.27. The summed E-state index contributed by atoms with van der Waals surface area (Å²) in [6.07, 6.45) is 2.60. The summed E-state index contributed by atoms with van der Waals surface area (Å²) in [7, 11) is 0. The van der Waals surface area contributed by atoms with E-state index in [0.29, 0.717) is 13.1 Å². The lowest BCUT2D eigenvalue weighted by Gasteiger charge is -2.31. The van der Waals surface area contributed by atoms with Gasteiger partial charge in [0.25, 0.3) is 0 Å². The molecule has 20 heavy (non-hydrogen) atoms. The quantitative estimate of drug-likeness (QED) is 0.751. The van der Waals surface area contributed by atoms with Crippen LogP contribution < -0.4 is 0 Å². The van der Waals surface area contributed by atoms with Gasteiger partial charge in [0.2, 0.25) is 5.91 Å². The number of likely N-dealkylation sites (tertiary alicyclic amines) is 1. The molecule has 5 nitrogen and oxygen atoms in total. The number of ether oxygens (including phenoxy) is 1. The van der Waals surface area contributed by atoms with Crippen LogP contribution in [0.1, 0.15) is 40.0 Å². The van der Waals surface area contributed by atoms with Gasteiger partial charge >= 0.3 is 6.09 Å². The Morgan fingerprint density at radius 3 is 2.40 bits per heavy atom. The van der Waals surface area contributed by atoms with Gasteiger partial charge in [-0.15, -0.1) is 11.6 Å². The molecule has 1 aliphatic heterocycles. The van der Waals surface area contributed by atoms with Crippen LogP contribution in [0.25, 0.3) is 0 Å². The van der Waals surface area contributed by atoms with Crippen LogP contribution in [0.2, 0.25) is 0 Å². The van der Waals surface area contributed by atoms with Gasteiger partial charge < -0.3 is 14.5 Å². The number of rotatable bonds is 3. The van der Waals surface area contributed by atoms with Crippen molar-refractivity contribution in [2.24, 2.45) is 0 Å². The van der Waals surface area contributed by atoms with Crippen molar-refractivity contribution in [2.45, 2.75) is 57.7 Å². The molecule has 0 unspecified atom stereocenters. The van der Waals surface area contributed by atoms with Crippen LogP contribution in [0, 0.1) is 0 Å². The van der Waals surface area contributed by atoms with Gasteiger partial charge in [-0.3, -0.25) is 4.79 Å². The van der Waals surface area contributed by atoms with Gasteiger partial charge in [0.1, 0.15) is 11.5 Å². The van der Waals surface area contributed by atoms with E-state index in [1.54, 1.807) is 4.90 Å². The summed E-state index contributed by atoms with van der Waals surface area (Å²) < 4.78 is 5.49. The Morgan fingerprint density at radius 2 is 1.90 bits per heavy atom. The standard InChI is InChI=1S/C14H23ClN2O3/c1-14(2,3)20-13(19)17(10-4-5-10)11-6-7-16(9-11)12(18)8-15/h10-11H,4-9H2,1-3H3/t11-/m1/s1. The van der Waals surface area contributed by atoms with Crippen LogP contribution in [0.3, 0.4) is 0 Å². The second kappa shape index (κ2) is 5.80. The van der Waals surface area contributed by atoms with Crippen molar-refractivity contribution in [1.29, 1.82) is 0 Å². The largest absolute Gasteiger partial charge is 0.444 e. The maximum absolute atomic E-state index is 12.3. The average molecular weight is 303 g/mol. The van der Waals surface area contributed by atoms with Crippen molar-refractivity contribution in [2.75, 3.05) is 19.0 Å². The van der Waals surface area contributed by atoms with Gasteiger partial charge in [-0.25, -0.2) is 4.79 Å².